The molecule has 0 aliphatic rings. The lowest BCUT2D eigenvalue weighted by atomic mass is 10.2. The van der Waals surface area contributed by atoms with Crippen LogP contribution < -0.4 is 10.6 Å². The van der Waals surface area contributed by atoms with Crippen LogP contribution in [-0.4, -0.2) is 34.3 Å². The van der Waals surface area contributed by atoms with Crippen molar-refractivity contribution in [3.05, 3.63) is 35.3 Å². The van der Waals surface area contributed by atoms with Crippen LogP contribution in [0.2, 0.25) is 0 Å². The van der Waals surface area contributed by atoms with Crippen molar-refractivity contribution in [2.75, 3.05) is 13.6 Å². The fourth-order valence-electron chi connectivity index (χ4n) is 2.10. The minimum absolute atomic E-state index is 0.525. The zero-order valence-corrected chi connectivity index (χ0v) is 13.7. The lowest BCUT2D eigenvalue weighted by molar-refractivity contribution is 0.463. The fourth-order valence-corrected chi connectivity index (χ4v) is 2.10. The van der Waals surface area contributed by atoms with Crippen molar-refractivity contribution in [2.24, 2.45) is 12.0 Å². The highest BCUT2D eigenvalue weighted by Gasteiger charge is 2.06. The van der Waals surface area contributed by atoms with Crippen LogP contribution in [0.1, 0.15) is 29.3 Å². The van der Waals surface area contributed by atoms with Crippen LogP contribution in [0.3, 0.4) is 0 Å². The number of aryl methyl sites for hydroxylation is 4. The van der Waals surface area contributed by atoms with E-state index in [0.717, 1.165) is 36.8 Å². The zero-order valence-electron chi connectivity index (χ0n) is 13.7. The van der Waals surface area contributed by atoms with E-state index in [2.05, 4.69) is 25.7 Å². The predicted molar refractivity (Wildman–Crippen MR) is 85.7 cm³/mol. The number of hydrogen-bond acceptors (Lipinski definition) is 4. The molecule has 7 nitrogen and oxygen atoms in total. The maximum absolute atomic E-state index is 5.53. The molecule has 0 bridgehead atoms. The highest BCUT2D eigenvalue weighted by Crippen LogP contribution is 2.07. The Kier molecular flexibility index (Phi) is 5.57. The van der Waals surface area contributed by atoms with Gasteiger partial charge in [0.25, 0.3) is 0 Å². The van der Waals surface area contributed by atoms with Crippen LogP contribution in [0.4, 0.5) is 0 Å². The van der Waals surface area contributed by atoms with E-state index in [0.29, 0.717) is 12.4 Å². The molecule has 7 heteroatoms. The van der Waals surface area contributed by atoms with Crippen molar-refractivity contribution in [1.29, 1.82) is 0 Å². The minimum atomic E-state index is 0.525. The van der Waals surface area contributed by atoms with Gasteiger partial charge in [-0.15, -0.1) is 0 Å². The summed E-state index contributed by atoms with van der Waals surface area (Å²) in [4.78, 5) is 8.52. The van der Waals surface area contributed by atoms with E-state index < -0.39 is 0 Å². The summed E-state index contributed by atoms with van der Waals surface area (Å²) >= 11 is 0. The molecule has 22 heavy (non-hydrogen) atoms. The van der Waals surface area contributed by atoms with Gasteiger partial charge in [-0.1, -0.05) is 0 Å². The van der Waals surface area contributed by atoms with E-state index in [-0.39, 0.29) is 0 Å². The SMILES string of the molecule is CN=C(NCCCc1cnn(C)c1)NCc1nc(C)c(C)o1. The van der Waals surface area contributed by atoms with Gasteiger partial charge in [-0.05, 0) is 32.3 Å². The molecule has 2 N–H and O–H groups in total. The summed E-state index contributed by atoms with van der Waals surface area (Å²) in [5, 5.41) is 10.6. The summed E-state index contributed by atoms with van der Waals surface area (Å²) in [6.45, 7) is 5.22. The summed E-state index contributed by atoms with van der Waals surface area (Å²) in [6, 6.07) is 0. The first-order chi connectivity index (χ1) is 10.6. The summed E-state index contributed by atoms with van der Waals surface area (Å²) < 4.78 is 7.35. The van der Waals surface area contributed by atoms with E-state index in [4.69, 9.17) is 4.42 Å². The van der Waals surface area contributed by atoms with Crippen molar-refractivity contribution in [1.82, 2.24) is 25.4 Å². The van der Waals surface area contributed by atoms with Crippen molar-refractivity contribution < 1.29 is 4.42 Å². The van der Waals surface area contributed by atoms with Gasteiger partial charge < -0.3 is 15.1 Å². The van der Waals surface area contributed by atoms with E-state index in [1.807, 2.05) is 38.0 Å². The van der Waals surface area contributed by atoms with Gasteiger partial charge in [-0.25, -0.2) is 4.98 Å². The van der Waals surface area contributed by atoms with Crippen molar-refractivity contribution >= 4 is 5.96 Å². The molecule has 0 saturated heterocycles. The minimum Gasteiger partial charge on any atom is -0.444 e. The summed E-state index contributed by atoms with van der Waals surface area (Å²) in [7, 11) is 3.68. The lowest BCUT2D eigenvalue weighted by Crippen LogP contribution is -2.37. The van der Waals surface area contributed by atoms with Gasteiger partial charge in [0.1, 0.15) is 5.76 Å². The number of nitrogens with one attached hydrogen (secondary N) is 2. The highest BCUT2D eigenvalue weighted by molar-refractivity contribution is 5.79. The van der Waals surface area contributed by atoms with Gasteiger partial charge in [-0.3, -0.25) is 9.67 Å². The standard InChI is InChI=1S/C15H24N6O/c1-11-12(2)22-14(20-11)9-18-15(16-3)17-7-5-6-13-8-19-21(4)10-13/h8,10H,5-7,9H2,1-4H3,(H2,16,17,18). The molecule has 0 aromatic carbocycles. The van der Waals surface area contributed by atoms with Gasteiger partial charge in [-0.2, -0.15) is 5.10 Å². The van der Waals surface area contributed by atoms with Crippen LogP contribution in [0, 0.1) is 13.8 Å². The molecule has 0 aliphatic heterocycles. The average Bonchev–Trinajstić information content (AvgIpc) is 3.04. The van der Waals surface area contributed by atoms with E-state index in [1.165, 1.54) is 5.56 Å². The molecule has 0 radical (unpaired) electrons. The number of oxazole rings is 1. The zero-order chi connectivity index (χ0) is 15.9. The fraction of sp³-hybridized carbons (Fsp3) is 0.533. The third-order valence-corrected chi connectivity index (χ3v) is 3.40. The van der Waals surface area contributed by atoms with Crippen molar-refractivity contribution in [2.45, 2.75) is 33.2 Å². The molecule has 2 heterocycles. The van der Waals surface area contributed by atoms with Crippen LogP contribution in [0.5, 0.6) is 0 Å². The average molecular weight is 304 g/mol. The third kappa shape index (κ3) is 4.61. The summed E-state index contributed by atoms with van der Waals surface area (Å²) in [5.74, 6) is 2.28. The van der Waals surface area contributed by atoms with Crippen LogP contribution in [-0.2, 0) is 20.0 Å². The predicted octanol–water partition coefficient (Wildman–Crippen LogP) is 1.32. The summed E-state index contributed by atoms with van der Waals surface area (Å²) in [6.07, 6.45) is 5.96. The largest absolute Gasteiger partial charge is 0.444 e. The highest BCUT2D eigenvalue weighted by atomic mass is 16.4. The molecular weight excluding hydrogens is 280 g/mol. The Hall–Kier alpha value is -2.31. The Morgan fingerprint density at radius 1 is 1.36 bits per heavy atom. The van der Waals surface area contributed by atoms with Gasteiger partial charge in [0.05, 0.1) is 18.4 Å². The molecule has 0 atom stereocenters. The molecule has 0 amide bonds. The Bertz CT molecular complexity index is 608. The van der Waals surface area contributed by atoms with Crippen molar-refractivity contribution in [3.63, 3.8) is 0 Å². The Balaban J connectivity index is 1.69. The molecule has 0 saturated carbocycles. The summed E-state index contributed by atoms with van der Waals surface area (Å²) in [5.41, 5.74) is 2.18. The molecule has 0 aliphatic carbocycles. The maximum Gasteiger partial charge on any atom is 0.214 e. The van der Waals surface area contributed by atoms with Gasteiger partial charge >= 0.3 is 0 Å². The number of hydrogen-bond donors (Lipinski definition) is 2. The second-order valence-corrected chi connectivity index (χ2v) is 5.23. The van der Waals surface area contributed by atoms with Gasteiger partial charge in [0, 0.05) is 26.8 Å². The van der Waals surface area contributed by atoms with Crippen molar-refractivity contribution in [3.8, 4) is 0 Å². The van der Waals surface area contributed by atoms with Crippen LogP contribution >= 0.6 is 0 Å². The first-order valence-corrected chi connectivity index (χ1v) is 7.43. The molecule has 0 spiro atoms. The number of nitrogens with zero attached hydrogens (tertiary/aromatic N) is 4. The smallest absolute Gasteiger partial charge is 0.214 e. The second-order valence-electron chi connectivity index (χ2n) is 5.23. The number of aromatic nitrogens is 3. The maximum atomic E-state index is 5.53. The molecular formula is C15H24N6O. The first-order valence-electron chi connectivity index (χ1n) is 7.43. The normalized spacial score (nSPS) is 11.7. The molecule has 120 valence electrons. The van der Waals surface area contributed by atoms with Crippen LogP contribution in [0.25, 0.3) is 0 Å². The topological polar surface area (TPSA) is 80.3 Å². The van der Waals surface area contributed by atoms with Gasteiger partial charge in [0.2, 0.25) is 5.89 Å². The van der Waals surface area contributed by atoms with E-state index in [1.54, 1.807) is 7.05 Å². The number of rotatable bonds is 6. The molecule has 0 fully saturated rings. The van der Waals surface area contributed by atoms with E-state index in [9.17, 15) is 0 Å². The Morgan fingerprint density at radius 2 is 2.18 bits per heavy atom. The quantitative estimate of drug-likeness (QED) is 0.478. The Labute approximate surface area is 130 Å². The van der Waals surface area contributed by atoms with Gasteiger partial charge in [0.15, 0.2) is 5.96 Å². The molecule has 2 aromatic heterocycles. The molecule has 2 aromatic rings. The van der Waals surface area contributed by atoms with E-state index >= 15 is 0 Å². The monoisotopic (exact) mass is 304 g/mol. The lowest BCUT2D eigenvalue weighted by Gasteiger charge is -2.10. The number of aliphatic imine (C=N–C) groups is 1. The molecule has 0 unspecified atom stereocenters. The Morgan fingerprint density at radius 3 is 2.77 bits per heavy atom. The second kappa shape index (κ2) is 7.63. The number of guanidine groups is 1. The van der Waals surface area contributed by atoms with Crippen LogP contribution in [0.15, 0.2) is 21.8 Å². The first kappa shape index (κ1) is 16.1. The third-order valence-electron chi connectivity index (χ3n) is 3.40. The molecule has 2 rings (SSSR count).